The van der Waals surface area contributed by atoms with Crippen molar-refractivity contribution < 1.29 is 52.3 Å². The number of amides is 2. The Hall–Kier alpha value is -1.26. The van der Waals surface area contributed by atoms with E-state index in [4.69, 9.17) is 14.2 Å². The molecule has 8 heteroatoms. The van der Waals surface area contributed by atoms with Crippen LogP contribution in [0.1, 0.15) is 123 Å². The lowest BCUT2D eigenvalue weighted by molar-refractivity contribution is -0.701. The summed E-state index contributed by atoms with van der Waals surface area (Å²) in [5.41, 5.74) is 0.878. The number of hydrogen-bond acceptors (Lipinski definition) is 5. The fraction of sp³-hybridized carbons (Fsp3) is 0.781. The number of ether oxygens (including phenoxy) is 3. The molecule has 7 nitrogen and oxygen atoms in total. The summed E-state index contributed by atoms with van der Waals surface area (Å²) in [5, 5.41) is 0. The number of unbranched alkanes of at least 4 members (excludes halogenated alkanes) is 13. The molecule has 230 valence electrons. The molecule has 0 bridgehead atoms. The first-order valence-electron chi connectivity index (χ1n) is 15.7. The number of rotatable bonds is 22. The summed E-state index contributed by atoms with van der Waals surface area (Å²) in [6.07, 6.45) is 21.0. The number of carbonyl (C=O) groups is 2. The number of aryl methyl sites for hydroxylation is 1. The number of halogens is 1. The summed E-state index contributed by atoms with van der Waals surface area (Å²) in [7, 11) is 0. The molecule has 0 radical (unpaired) electrons. The van der Waals surface area contributed by atoms with Gasteiger partial charge in [-0.2, -0.15) is 0 Å². The Labute approximate surface area is 260 Å². The average Bonchev–Trinajstić information content (AvgIpc) is 2.91. The Morgan fingerprint density at radius 2 is 1.43 bits per heavy atom. The summed E-state index contributed by atoms with van der Waals surface area (Å²) < 4.78 is 19.0. The van der Waals surface area contributed by atoms with Crippen molar-refractivity contribution in [1.29, 1.82) is 0 Å². The first-order valence-corrected chi connectivity index (χ1v) is 15.7. The maximum Gasteiger partial charge on any atom is 0.417 e. The second-order valence-electron chi connectivity index (χ2n) is 10.9. The van der Waals surface area contributed by atoms with Crippen LogP contribution in [0.15, 0.2) is 24.4 Å². The van der Waals surface area contributed by atoms with Gasteiger partial charge in [0.25, 0.3) is 0 Å². The molecule has 0 aliphatic carbocycles. The van der Waals surface area contributed by atoms with Crippen molar-refractivity contribution in [2.75, 3.05) is 19.8 Å². The Bertz CT molecular complexity index is 803. The Balaban J connectivity index is 0.00000800. The average molecular weight is 675 g/mol. The number of nitrogens with zero attached hydrogens (tertiary/aromatic N) is 2. The topological polar surface area (TPSA) is 69.0 Å². The van der Waals surface area contributed by atoms with Crippen LogP contribution in [0.3, 0.4) is 0 Å². The quantitative estimate of drug-likeness (QED) is 0.105. The van der Waals surface area contributed by atoms with Crippen molar-refractivity contribution in [2.24, 2.45) is 0 Å². The molecular weight excluding hydrogens is 619 g/mol. The zero-order valence-corrected chi connectivity index (χ0v) is 27.6. The van der Waals surface area contributed by atoms with Crippen LogP contribution < -0.4 is 28.5 Å². The van der Waals surface area contributed by atoms with Crippen LogP contribution >= 0.6 is 0 Å². The van der Waals surface area contributed by atoms with E-state index < -0.39 is 6.09 Å². The molecule has 0 N–H and O–H groups in total. The minimum atomic E-state index is -0.630. The molecule has 0 saturated carbocycles. The summed E-state index contributed by atoms with van der Waals surface area (Å²) in [4.78, 5) is 25.7. The normalized spacial score (nSPS) is 16.2. The standard InChI is InChI=1S/C32H55N2O5.HI/c1-4-6-7-8-9-10-11-12-13-14-15-16-17-20-23-37-26-30-24-31(39-30)27-38-32(36)34(28(3)35)25-29-21-18-19-22-33(29)5-2;/h18-19,21-22,30-31H,4-17,20,23-27H2,1-3H3;1H/q+1;/p-1/t30-,31-;/m1./s1. The number of imide groups is 1. The van der Waals surface area contributed by atoms with E-state index in [0.29, 0.717) is 6.61 Å². The van der Waals surface area contributed by atoms with Gasteiger partial charge in [0.05, 0.1) is 18.8 Å². The Morgan fingerprint density at radius 1 is 0.875 bits per heavy atom. The first-order chi connectivity index (χ1) is 19.0. The van der Waals surface area contributed by atoms with Gasteiger partial charge in [-0.3, -0.25) is 4.79 Å². The minimum absolute atomic E-state index is 0. The third kappa shape index (κ3) is 15.7. The molecule has 40 heavy (non-hydrogen) atoms. The number of aromatic nitrogens is 1. The monoisotopic (exact) mass is 674 g/mol. The SMILES string of the molecule is CCCCCCCCCCCCCCCCOC[C@H]1C[C@H](COC(=O)N(Cc2cccc[n+]2CC)C(C)=O)O1.[I-]. The van der Waals surface area contributed by atoms with E-state index >= 15 is 0 Å². The molecule has 1 aliphatic rings. The molecule has 0 spiro atoms. The van der Waals surface area contributed by atoms with E-state index in [1.165, 1.54) is 90.4 Å². The molecule has 1 saturated heterocycles. The van der Waals surface area contributed by atoms with Gasteiger partial charge in [0.15, 0.2) is 6.20 Å². The van der Waals surface area contributed by atoms with Gasteiger partial charge in [-0.15, -0.1) is 0 Å². The van der Waals surface area contributed by atoms with Crippen LogP contribution in [0.2, 0.25) is 0 Å². The van der Waals surface area contributed by atoms with E-state index in [1.54, 1.807) is 0 Å². The fourth-order valence-corrected chi connectivity index (χ4v) is 5.05. The van der Waals surface area contributed by atoms with E-state index in [1.807, 2.05) is 35.9 Å². The Morgan fingerprint density at radius 3 is 1.98 bits per heavy atom. The van der Waals surface area contributed by atoms with Crippen LogP contribution in [-0.4, -0.2) is 48.9 Å². The lowest BCUT2D eigenvalue weighted by atomic mass is 10.0. The van der Waals surface area contributed by atoms with Gasteiger partial charge in [0, 0.05) is 32.1 Å². The predicted octanol–water partition coefficient (Wildman–Crippen LogP) is 4.14. The molecule has 2 atom stereocenters. The van der Waals surface area contributed by atoms with Crippen molar-refractivity contribution in [3.63, 3.8) is 0 Å². The second kappa shape index (κ2) is 23.3. The van der Waals surface area contributed by atoms with E-state index in [9.17, 15) is 9.59 Å². The van der Waals surface area contributed by atoms with Gasteiger partial charge in [-0.25, -0.2) is 14.3 Å². The highest BCUT2D eigenvalue weighted by Crippen LogP contribution is 2.22. The first kappa shape index (κ1) is 36.8. The number of carbonyl (C=O) groups excluding carboxylic acids is 2. The van der Waals surface area contributed by atoms with Crippen molar-refractivity contribution in [2.45, 2.75) is 142 Å². The van der Waals surface area contributed by atoms with Crippen LogP contribution in [0.4, 0.5) is 4.79 Å². The molecule has 2 amide bonds. The molecule has 0 aromatic carbocycles. The van der Waals surface area contributed by atoms with E-state index in [0.717, 1.165) is 36.6 Å². The van der Waals surface area contributed by atoms with Gasteiger partial charge in [-0.05, 0) is 13.3 Å². The maximum atomic E-state index is 12.5. The molecule has 1 fully saturated rings. The third-order valence-corrected chi connectivity index (χ3v) is 7.55. The highest BCUT2D eigenvalue weighted by atomic mass is 127. The van der Waals surface area contributed by atoms with Crippen molar-refractivity contribution >= 4 is 12.0 Å². The van der Waals surface area contributed by atoms with E-state index in [2.05, 4.69) is 6.92 Å². The van der Waals surface area contributed by atoms with Gasteiger partial charge in [-0.1, -0.05) is 96.5 Å². The van der Waals surface area contributed by atoms with Crippen molar-refractivity contribution in [1.82, 2.24) is 4.90 Å². The van der Waals surface area contributed by atoms with Gasteiger partial charge in [0.1, 0.15) is 19.7 Å². The summed E-state index contributed by atoms with van der Waals surface area (Å²) in [6.45, 7) is 8.15. The summed E-state index contributed by atoms with van der Waals surface area (Å²) >= 11 is 0. The van der Waals surface area contributed by atoms with Gasteiger partial charge in [0.2, 0.25) is 11.6 Å². The zero-order valence-electron chi connectivity index (χ0n) is 25.4. The van der Waals surface area contributed by atoms with Gasteiger partial charge < -0.3 is 38.2 Å². The number of hydrogen-bond donors (Lipinski definition) is 0. The molecule has 2 rings (SSSR count). The number of pyridine rings is 1. The van der Waals surface area contributed by atoms with Gasteiger partial charge >= 0.3 is 6.09 Å². The van der Waals surface area contributed by atoms with Crippen molar-refractivity contribution in [3.05, 3.63) is 30.1 Å². The highest BCUT2D eigenvalue weighted by molar-refractivity contribution is 5.90. The molecule has 2 heterocycles. The molecular formula is C32H55IN2O5. The largest absolute Gasteiger partial charge is 1.00 e. The summed E-state index contributed by atoms with van der Waals surface area (Å²) in [5.74, 6) is -0.337. The van der Waals surface area contributed by atoms with Crippen LogP contribution in [0, 0.1) is 0 Å². The predicted molar refractivity (Wildman–Crippen MR) is 154 cm³/mol. The molecule has 1 aromatic rings. The summed E-state index contributed by atoms with van der Waals surface area (Å²) in [6, 6.07) is 5.73. The molecule has 1 aliphatic heterocycles. The maximum absolute atomic E-state index is 12.5. The van der Waals surface area contributed by atoms with Crippen LogP contribution in [0.25, 0.3) is 0 Å². The smallest absolute Gasteiger partial charge is 0.417 e. The lowest BCUT2D eigenvalue weighted by Gasteiger charge is -2.35. The lowest BCUT2D eigenvalue weighted by Crippen LogP contribution is -3.00. The van der Waals surface area contributed by atoms with Crippen LogP contribution in [0.5, 0.6) is 0 Å². The molecule has 0 unspecified atom stereocenters. The third-order valence-electron chi connectivity index (χ3n) is 7.55. The van der Waals surface area contributed by atoms with Crippen molar-refractivity contribution in [3.8, 4) is 0 Å². The molecule has 1 aromatic heterocycles. The van der Waals surface area contributed by atoms with Crippen LogP contribution in [-0.2, 0) is 32.1 Å². The fourth-order valence-electron chi connectivity index (χ4n) is 5.05. The highest BCUT2D eigenvalue weighted by Gasteiger charge is 2.32. The van der Waals surface area contributed by atoms with E-state index in [-0.39, 0.29) is 55.2 Å². The zero-order chi connectivity index (χ0) is 28.1. The second-order valence-corrected chi connectivity index (χ2v) is 10.9. The Kier molecular flexibility index (Phi) is 21.4. The minimum Gasteiger partial charge on any atom is -1.00 e.